The second-order valence-electron chi connectivity index (χ2n) is 5.74. The standard InChI is InChI=1S/C17H24N6O/c1-14-21-16(19-6-7-23-8-10-24-11-9-23)12-17(22-14)20-13-15-4-2-3-5-18-15/h2-5,12H,6-11,13H2,1H3,(H2,19,20,21,22). The van der Waals surface area contributed by atoms with Crippen LogP contribution in [0.4, 0.5) is 11.6 Å². The van der Waals surface area contributed by atoms with Crippen LogP contribution in [0.15, 0.2) is 30.5 Å². The molecule has 3 rings (SSSR count). The minimum atomic E-state index is 0.643. The van der Waals surface area contributed by atoms with Crippen molar-refractivity contribution in [3.05, 3.63) is 42.0 Å². The molecule has 1 fully saturated rings. The molecule has 0 atom stereocenters. The highest BCUT2D eigenvalue weighted by atomic mass is 16.5. The molecule has 1 saturated heterocycles. The summed E-state index contributed by atoms with van der Waals surface area (Å²) in [6.45, 7) is 8.05. The van der Waals surface area contributed by atoms with E-state index in [2.05, 4.69) is 30.5 Å². The molecule has 0 radical (unpaired) electrons. The van der Waals surface area contributed by atoms with Gasteiger partial charge in [0.15, 0.2) is 0 Å². The third-order valence-electron chi connectivity index (χ3n) is 3.85. The first-order chi connectivity index (χ1) is 11.8. The molecule has 0 spiro atoms. The highest BCUT2D eigenvalue weighted by Crippen LogP contribution is 2.12. The van der Waals surface area contributed by atoms with Crippen molar-refractivity contribution >= 4 is 11.6 Å². The van der Waals surface area contributed by atoms with Gasteiger partial charge >= 0.3 is 0 Å². The Bertz CT molecular complexity index is 630. The van der Waals surface area contributed by atoms with Gasteiger partial charge in [0, 0.05) is 38.4 Å². The highest BCUT2D eigenvalue weighted by molar-refractivity contribution is 5.47. The molecule has 7 nitrogen and oxygen atoms in total. The van der Waals surface area contributed by atoms with E-state index in [1.165, 1.54) is 0 Å². The van der Waals surface area contributed by atoms with Gasteiger partial charge in [0.1, 0.15) is 17.5 Å². The molecular weight excluding hydrogens is 304 g/mol. The van der Waals surface area contributed by atoms with Crippen LogP contribution in [0.5, 0.6) is 0 Å². The van der Waals surface area contributed by atoms with Gasteiger partial charge in [-0.2, -0.15) is 0 Å². The lowest BCUT2D eigenvalue weighted by Gasteiger charge is -2.26. The number of morpholine rings is 1. The van der Waals surface area contributed by atoms with Crippen LogP contribution in [-0.4, -0.2) is 59.2 Å². The van der Waals surface area contributed by atoms with Crippen molar-refractivity contribution in [3.63, 3.8) is 0 Å². The van der Waals surface area contributed by atoms with E-state index in [4.69, 9.17) is 4.74 Å². The minimum absolute atomic E-state index is 0.643. The maximum absolute atomic E-state index is 5.36. The largest absolute Gasteiger partial charge is 0.379 e. The molecule has 7 heteroatoms. The average Bonchev–Trinajstić information content (AvgIpc) is 2.61. The van der Waals surface area contributed by atoms with Crippen LogP contribution < -0.4 is 10.6 Å². The van der Waals surface area contributed by atoms with Crippen LogP contribution in [-0.2, 0) is 11.3 Å². The van der Waals surface area contributed by atoms with Gasteiger partial charge in [-0.3, -0.25) is 9.88 Å². The van der Waals surface area contributed by atoms with Crippen molar-refractivity contribution in [2.75, 3.05) is 50.0 Å². The number of nitrogens with one attached hydrogen (secondary N) is 2. The van der Waals surface area contributed by atoms with E-state index in [0.717, 1.165) is 62.5 Å². The molecule has 3 heterocycles. The molecule has 24 heavy (non-hydrogen) atoms. The summed E-state index contributed by atoms with van der Waals surface area (Å²) in [5.74, 6) is 2.40. The zero-order chi connectivity index (χ0) is 16.6. The molecule has 2 N–H and O–H groups in total. The third kappa shape index (κ3) is 5.14. The summed E-state index contributed by atoms with van der Waals surface area (Å²) in [4.78, 5) is 15.6. The zero-order valence-corrected chi connectivity index (χ0v) is 14.0. The molecule has 0 aliphatic carbocycles. The normalized spacial score (nSPS) is 15.2. The van der Waals surface area contributed by atoms with Crippen LogP contribution in [0.3, 0.4) is 0 Å². The Morgan fingerprint density at radius 2 is 1.92 bits per heavy atom. The molecule has 0 saturated carbocycles. The lowest BCUT2D eigenvalue weighted by Crippen LogP contribution is -2.39. The van der Waals surface area contributed by atoms with Gasteiger partial charge < -0.3 is 15.4 Å². The van der Waals surface area contributed by atoms with Crippen molar-refractivity contribution in [2.45, 2.75) is 13.5 Å². The predicted molar refractivity (Wildman–Crippen MR) is 94.1 cm³/mol. The van der Waals surface area contributed by atoms with E-state index >= 15 is 0 Å². The number of pyridine rings is 1. The van der Waals surface area contributed by atoms with Crippen LogP contribution in [0.1, 0.15) is 11.5 Å². The summed E-state index contributed by atoms with van der Waals surface area (Å²) >= 11 is 0. The van der Waals surface area contributed by atoms with Crippen molar-refractivity contribution in [1.82, 2.24) is 19.9 Å². The number of aromatic nitrogens is 3. The van der Waals surface area contributed by atoms with Crippen LogP contribution in [0, 0.1) is 6.92 Å². The van der Waals surface area contributed by atoms with Crippen molar-refractivity contribution in [1.29, 1.82) is 0 Å². The molecule has 1 aliphatic rings. The molecule has 1 aliphatic heterocycles. The van der Waals surface area contributed by atoms with Crippen LogP contribution in [0.25, 0.3) is 0 Å². The SMILES string of the molecule is Cc1nc(NCCN2CCOCC2)cc(NCc2ccccn2)n1. The summed E-state index contributed by atoms with van der Waals surface area (Å²) in [6, 6.07) is 7.82. The first kappa shape index (κ1) is 16.6. The summed E-state index contributed by atoms with van der Waals surface area (Å²) in [7, 11) is 0. The fraction of sp³-hybridized carbons (Fsp3) is 0.471. The Morgan fingerprint density at radius 1 is 1.12 bits per heavy atom. The van der Waals surface area contributed by atoms with E-state index in [9.17, 15) is 0 Å². The first-order valence-corrected chi connectivity index (χ1v) is 8.33. The molecule has 0 amide bonds. The Labute approximate surface area is 142 Å². The topological polar surface area (TPSA) is 75.2 Å². The third-order valence-corrected chi connectivity index (χ3v) is 3.85. The predicted octanol–water partition coefficient (Wildman–Crippen LogP) is 1.54. The van der Waals surface area contributed by atoms with Gasteiger partial charge in [0.05, 0.1) is 25.5 Å². The van der Waals surface area contributed by atoms with E-state index in [1.54, 1.807) is 6.20 Å². The maximum Gasteiger partial charge on any atom is 0.132 e. The van der Waals surface area contributed by atoms with Crippen LogP contribution >= 0.6 is 0 Å². The molecule has 0 bridgehead atoms. The van der Waals surface area contributed by atoms with Crippen molar-refractivity contribution in [2.24, 2.45) is 0 Å². The van der Waals surface area contributed by atoms with E-state index in [1.807, 2.05) is 31.2 Å². The smallest absolute Gasteiger partial charge is 0.132 e. The van der Waals surface area contributed by atoms with E-state index < -0.39 is 0 Å². The molecule has 2 aromatic rings. The summed E-state index contributed by atoms with van der Waals surface area (Å²) in [5.41, 5.74) is 0.982. The first-order valence-electron chi connectivity index (χ1n) is 8.33. The fourth-order valence-corrected chi connectivity index (χ4v) is 2.60. The number of nitrogens with zero attached hydrogens (tertiary/aromatic N) is 4. The summed E-state index contributed by atoms with van der Waals surface area (Å²) in [5, 5.41) is 6.68. The lowest BCUT2D eigenvalue weighted by atomic mass is 10.3. The molecule has 2 aromatic heterocycles. The van der Waals surface area contributed by atoms with Gasteiger partial charge in [-0.15, -0.1) is 0 Å². The fourth-order valence-electron chi connectivity index (χ4n) is 2.60. The zero-order valence-electron chi connectivity index (χ0n) is 14.0. The summed E-state index contributed by atoms with van der Waals surface area (Å²) < 4.78 is 5.36. The highest BCUT2D eigenvalue weighted by Gasteiger charge is 2.09. The number of hydrogen-bond donors (Lipinski definition) is 2. The Morgan fingerprint density at radius 3 is 2.67 bits per heavy atom. The van der Waals surface area contributed by atoms with E-state index in [0.29, 0.717) is 6.54 Å². The van der Waals surface area contributed by atoms with Gasteiger partial charge in [0.25, 0.3) is 0 Å². The van der Waals surface area contributed by atoms with Crippen molar-refractivity contribution in [3.8, 4) is 0 Å². The molecular formula is C17H24N6O. The Hall–Kier alpha value is -2.25. The number of ether oxygens (including phenoxy) is 1. The van der Waals surface area contributed by atoms with Gasteiger partial charge in [0.2, 0.25) is 0 Å². The van der Waals surface area contributed by atoms with Crippen molar-refractivity contribution < 1.29 is 4.74 Å². The Balaban J connectivity index is 1.51. The monoisotopic (exact) mass is 328 g/mol. The quantitative estimate of drug-likeness (QED) is 0.798. The number of hydrogen-bond acceptors (Lipinski definition) is 7. The summed E-state index contributed by atoms with van der Waals surface area (Å²) in [6.07, 6.45) is 1.79. The minimum Gasteiger partial charge on any atom is -0.379 e. The number of anilines is 2. The molecule has 128 valence electrons. The van der Waals surface area contributed by atoms with Gasteiger partial charge in [-0.05, 0) is 19.1 Å². The Kier molecular flexibility index (Phi) is 5.92. The molecule has 0 unspecified atom stereocenters. The second kappa shape index (κ2) is 8.56. The second-order valence-corrected chi connectivity index (χ2v) is 5.74. The van der Waals surface area contributed by atoms with E-state index in [-0.39, 0.29) is 0 Å². The number of aryl methyl sites for hydroxylation is 1. The lowest BCUT2D eigenvalue weighted by molar-refractivity contribution is 0.0398. The molecule has 0 aromatic carbocycles. The van der Waals surface area contributed by atoms with Gasteiger partial charge in [-0.25, -0.2) is 9.97 Å². The average molecular weight is 328 g/mol. The van der Waals surface area contributed by atoms with Crippen LogP contribution in [0.2, 0.25) is 0 Å². The van der Waals surface area contributed by atoms with Gasteiger partial charge in [-0.1, -0.05) is 6.07 Å². The number of rotatable bonds is 7. The maximum atomic E-state index is 5.36.